The molecule has 30 heavy (non-hydrogen) atoms. The van der Waals surface area contributed by atoms with Crippen molar-refractivity contribution in [2.75, 3.05) is 13.2 Å². The van der Waals surface area contributed by atoms with Crippen molar-refractivity contribution in [2.24, 2.45) is 0 Å². The van der Waals surface area contributed by atoms with E-state index in [1.807, 2.05) is 0 Å². The van der Waals surface area contributed by atoms with Gasteiger partial charge in [0.25, 0.3) is 0 Å². The second kappa shape index (κ2) is 9.26. The number of esters is 1. The summed E-state index contributed by atoms with van der Waals surface area (Å²) in [6, 6.07) is 0. The van der Waals surface area contributed by atoms with Gasteiger partial charge in [-0.05, 0) is 6.92 Å². The maximum absolute atomic E-state index is 13.7. The highest BCUT2D eigenvalue weighted by atomic mass is 19.4. The largest absolute Gasteiger partial charge is 0.460 e. The molecule has 0 radical (unpaired) electrons. The van der Waals surface area contributed by atoms with Gasteiger partial charge >= 0.3 is 35.6 Å². The fourth-order valence-corrected chi connectivity index (χ4v) is 1.92. The molecule has 0 aromatic rings. The lowest BCUT2D eigenvalue weighted by atomic mass is 9.90. The van der Waals surface area contributed by atoms with Crippen molar-refractivity contribution >= 4 is 5.97 Å². The number of aliphatic hydroxyl groups is 3. The van der Waals surface area contributed by atoms with Crippen LogP contribution in [0.2, 0.25) is 0 Å². The SMILES string of the molecule is C=C(C)C(=O)OCC(O)CC(F)(F)C(F)(F)C(F)(F)C(F)(F)C(F)(F)CC(O)CO. The predicted molar refractivity (Wildman–Crippen MR) is 78.8 cm³/mol. The van der Waals surface area contributed by atoms with E-state index in [4.69, 9.17) is 10.2 Å². The van der Waals surface area contributed by atoms with Crippen LogP contribution in [0.25, 0.3) is 0 Å². The van der Waals surface area contributed by atoms with E-state index in [2.05, 4.69) is 11.3 Å². The maximum atomic E-state index is 13.7. The van der Waals surface area contributed by atoms with Crippen molar-refractivity contribution in [2.45, 2.75) is 61.6 Å². The van der Waals surface area contributed by atoms with Crippen molar-refractivity contribution in [3.05, 3.63) is 12.2 Å². The van der Waals surface area contributed by atoms with Crippen LogP contribution in [0.1, 0.15) is 19.8 Å². The van der Waals surface area contributed by atoms with E-state index in [-0.39, 0.29) is 5.57 Å². The third-order valence-corrected chi connectivity index (χ3v) is 3.66. The number of carbonyl (C=O) groups is 1. The summed E-state index contributed by atoms with van der Waals surface area (Å²) < 4.78 is 140. The molecule has 2 unspecified atom stereocenters. The van der Waals surface area contributed by atoms with Gasteiger partial charge < -0.3 is 20.1 Å². The minimum atomic E-state index is -7.38. The van der Waals surface area contributed by atoms with Crippen molar-refractivity contribution in [1.82, 2.24) is 0 Å². The average molecular weight is 468 g/mol. The summed E-state index contributed by atoms with van der Waals surface area (Å²) >= 11 is 0. The van der Waals surface area contributed by atoms with E-state index in [0.29, 0.717) is 0 Å². The number of ether oxygens (including phenoxy) is 1. The summed E-state index contributed by atoms with van der Waals surface area (Å²) in [6.07, 6.45) is -10.8. The first-order valence-corrected chi connectivity index (χ1v) is 7.86. The van der Waals surface area contributed by atoms with E-state index in [1.165, 1.54) is 0 Å². The Labute approximate surface area is 162 Å². The van der Waals surface area contributed by atoms with Crippen LogP contribution in [0.3, 0.4) is 0 Å². The molecule has 2 atom stereocenters. The standard InChI is InChI=1S/C15H18F10O5/c1-7(2)10(29)30-6-9(28)4-12(18,19)14(22,23)15(24,25)13(20,21)11(16,17)3-8(27)5-26/h8-9,26-28H,1,3-6H2,2H3. The second-order valence-corrected chi connectivity index (χ2v) is 6.41. The first-order chi connectivity index (χ1) is 13.2. The summed E-state index contributed by atoms with van der Waals surface area (Å²) in [6.45, 7) is 1.02. The van der Waals surface area contributed by atoms with Crippen LogP contribution in [0.4, 0.5) is 43.9 Å². The lowest BCUT2D eigenvalue weighted by molar-refractivity contribution is -0.405. The van der Waals surface area contributed by atoms with Crippen LogP contribution in [-0.4, -0.2) is 76.3 Å². The molecule has 0 bridgehead atoms. The van der Waals surface area contributed by atoms with E-state index >= 15 is 0 Å². The van der Waals surface area contributed by atoms with Crippen molar-refractivity contribution in [1.29, 1.82) is 0 Å². The third kappa shape index (κ3) is 5.55. The van der Waals surface area contributed by atoms with Gasteiger partial charge in [-0.25, -0.2) is 4.79 Å². The van der Waals surface area contributed by atoms with Crippen LogP contribution < -0.4 is 0 Å². The minimum absolute atomic E-state index is 0.322. The Morgan fingerprint density at radius 1 is 0.833 bits per heavy atom. The summed E-state index contributed by atoms with van der Waals surface area (Å²) in [5.41, 5.74) is -0.322. The summed E-state index contributed by atoms with van der Waals surface area (Å²) in [5, 5.41) is 26.2. The Bertz CT molecular complexity index is 623. The van der Waals surface area contributed by atoms with Crippen molar-refractivity contribution in [3.8, 4) is 0 Å². The van der Waals surface area contributed by atoms with Gasteiger partial charge in [0.05, 0.1) is 18.8 Å². The Hall–Kier alpha value is -1.61. The molecule has 3 N–H and O–H groups in total. The van der Waals surface area contributed by atoms with Crippen LogP contribution in [-0.2, 0) is 9.53 Å². The van der Waals surface area contributed by atoms with Gasteiger partial charge in [-0.1, -0.05) is 6.58 Å². The van der Waals surface area contributed by atoms with Crippen LogP contribution in [0.5, 0.6) is 0 Å². The van der Waals surface area contributed by atoms with Gasteiger partial charge in [0.15, 0.2) is 0 Å². The van der Waals surface area contributed by atoms with Crippen molar-refractivity contribution in [3.63, 3.8) is 0 Å². The Balaban J connectivity index is 5.71. The average Bonchev–Trinajstić information content (AvgIpc) is 2.57. The van der Waals surface area contributed by atoms with Gasteiger partial charge in [-0.15, -0.1) is 0 Å². The zero-order valence-corrected chi connectivity index (χ0v) is 15.1. The molecular formula is C15H18F10O5. The van der Waals surface area contributed by atoms with E-state index in [9.17, 15) is 53.8 Å². The molecule has 0 aromatic heterocycles. The number of hydrogen-bond donors (Lipinski definition) is 3. The third-order valence-electron chi connectivity index (χ3n) is 3.66. The molecule has 5 nitrogen and oxygen atoms in total. The molecule has 15 heteroatoms. The van der Waals surface area contributed by atoms with Gasteiger partial charge in [-0.3, -0.25) is 0 Å². The van der Waals surface area contributed by atoms with Gasteiger partial charge in [0, 0.05) is 18.4 Å². The number of aliphatic hydroxyl groups excluding tert-OH is 3. The molecule has 0 saturated heterocycles. The molecule has 0 aliphatic rings. The molecule has 0 saturated carbocycles. The Kier molecular flexibility index (Phi) is 8.76. The van der Waals surface area contributed by atoms with E-state index in [1.54, 1.807) is 0 Å². The molecule has 0 aromatic carbocycles. The molecular weight excluding hydrogens is 450 g/mol. The monoisotopic (exact) mass is 468 g/mol. The fourth-order valence-electron chi connectivity index (χ4n) is 1.92. The highest BCUT2D eigenvalue weighted by Gasteiger charge is 2.85. The van der Waals surface area contributed by atoms with Gasteiger partial charge in [-0.2, -0.15) is 43.9 Å². The number of hydrogen-bond acceptors (Lipinski definition) is 5. The minimum Gasteiger partial charge on any atom is -0.460 e. The Morgan fingerprint density at radius 2 is 1.20 bits per heavy atom. The zero-order chi connectivity index (χ0) is 24.3. The lowest BCUT2D eigenvalue weighted by Crippen LogP contribution is -2.68. The highest BCUT2D eigenvalue weighted by molar-refractivity contribution is 5.86. The normalized spacial score (nSPS) is 16.2. The quantitative estimate of drug-likeness (QED) is 0.233. The van der Waals surface area contributed by atoms with Crippen LogP contribution in [0.15, 0.2) is 12.2 Å². The molecule has 0 fully saturated rings. The van der Waals surface area contributed by atoms with E-state index in [0.717, 1.165) is 6.92 Å². The van der Waals surface area contributed by atoms with Gasteiger partial charge in [0.1, 0.15) is 6.61 Å². The van der Waals surface area contributed by atoms with Crippen LogP contribution in [0, 0.1) is 0 Å². The number of halogens is 10. The smallest absolute Gasteiger partial charge is 0.384 e. The fraction of sp³-hybridized carbons (Fsp3) is 0.800. The van der Waals surface area contributed by atoms with Crippen molar-refractivity contribution < 1.29 is 68.8 Å². The number of rotatable bonds is 12. The van der Waals surface area contributed by atoms with Crippen LogP contribution >= 0.6 is 0 Å². The molecule has 0 aliphatic heterocycles. The molecule has 0 spiro atoms. The Morgan fingerprint density at radius 3 is 1.53 bits per heavy atom. The first-order valence-electron chi connectivity index (χ1n) is 7.86. The second-order valence-electron chi connectivity index (χ2n) is 6.41. The first kappa shape index (κ1) is 28.4. The summed E-state index contributed by atoms with van der Waals surface area (Å²) in [7, 11) is 0. The number of alkyl halides is 10. The molecule has 0 amide bonds. The predicted octanol–water partition coefficient (Wildman–Crippen LogP) is 2.78. The summed E-state index contributed by atoms with van der Waals surface area (Å²) in [5.74, 6) is -35.2. The molecule has 0 rings (SSSR count). The zero-order valence-electron chi connectivity index (χ0n) is 15.1. The topological polar surface area (TPSA) is 87.0 Å². The molecule has 0 aliphatic carbocycles. The maximum Gasteiger partial charge on any atom is 0.384 e. The highest BCUT2D eigenvalue weighted by Crippen LogP contribution is 2.58. The summed E-state index contributed by atoms with van der Waals surface area (Å²) in [4.78, 5) is 11.0. The number of carbonyl (C=O) groups excluding carboxylic acids is 1. The van der Waals surface area contributed by atoms with Gasteiger partial charge in [0.2, 0.25) is 0 Å². The van der Waals surface area contributed by atoms with E-state index < -0.39 is 73.8 Å². The molecule has 0 heterocycles. The lowest BCUT2D eigenvalue weighted by Gasteiger charge is -2.40. The molecule has 178 valence electrons.